The zero-order valence-corrected chi connectivity index (χ0v) is 14.4. The lowest BCUT2D eigenvalue weighted by molar-refractivity contribution is -0.0722. The van der Waals surface area contributed by atoms with Gasteiger partial charge in [-0.15, -0.1) is 0 Å². The van der Waals surface area contributed by atoms with Gasteiger partial charge in [0, 0.05) is 22.3 Å². The Hall–Kier alpha value is -0.580. The van der Waals surface area contributed by atoms with Gasteiger partial charge in [-0.2, -0.15) is 0 Å². The van der Waals surface area contributed by atoms with Gasteiger partial charge in [0.15, 0.2) is 0 Å². The number of hydrogen-bond donors (Lipinski definition) is 0. The van der Waals surface area contributed by atoms with Crippen LogP contribution in [0.2, 0.25) is 0 Å². The first kappa shape index (κ1) is 14.4. The van der Waals surface area contributed by atoms with E-state index in [1.165, 1.54) is 10.8 Å². The summed E-state index contributed by atoms with van der Waals surface area (Å²) < 4.78 is 12.9. The summed E-state index contributed by atoms with van der Waals surface area (Å²) in [5.41, 5.74) is 0. The standard InChI is InChI=1S/C16H16Br2O2/c1-2-19-16-14(18)9-15(16)20-13-6-4-10-7-12(17)5-3-11(10)8-13/h3-8,14-16H,2,9H2,1H3. The van der Waals surface area contributed by atoms with Gasteiger partial charge in [0.2, 0.25) is 0 Å². The van der Waals surface area contributed by atoms with Gasteiger partial charge < -0.3 is 9.47 Å². The van der Waals surface area contributed by atoms with Crippen molar-refractivity contribution in [1.29, 1.82) is 0 Å². The van der Waals surface area contributed by atoms with Crippen LogP contribution in [0.5, 0.6) is 5.75 Å². The van der Waals surface area contributed by atoms with Crippen LogP contribution in [-0.4, -0.2) is 23.6 Å². The van der Waals surface area contributed by atoms with Crippen LogP contribution in [0, 0.1) is 0 Å². The topological polar surface area (TPSA) is 18.5 Å². The summed E-state index contributed by atoms with van der Waals surface area (Å²) >= 11 is 7.11. The molecule has 3 unspecified atom stereocenters. The fourth-order valence-corrected chi connectivity index (χ4v) is 3.73. The summed E-state index contributed by atoms with van der Waals surface area (Å²) in [7, 11) is 0. The van der Waals surface area contributed by atoms with E-state index < -0.39 is 0 Å². The monoisotopic (exact) mass is 398 g/mol. The van der Waals surface area contributed by atoms with Gasteiger partial charge in [0.1, 0.15) is 18.0 Å². The Balaban J connectivity index is 1.76. The summed E-state index contributed by atoms with van der Waals surface area (Å²) in [4.78, 5) is 0.406. The number of rotatable bonds is 4. The van der Waals surface area contributed by atoms with Crippen molar-refractivity contribution >= 4 is 42.6 Å². The van der Waals surface area contributed by atoms with Crippen molar-refractivity contribution in [2.45, 2.75) is 30.4 Å². The number of ether oxygens (including phenoxy) is 2. The Kier molecular flexibility index (Phi) is 4.34. The van der Waals surface area contributed by atoms with Crippen LogP contribution in [0.3, 0.4) is 0 Å². The van der Waals surface area contributed by atoms with Crippen LogP contribution in [0.25, 0.3) is 10.8 Å². The molecule has 20 heavy (non-hydrogen) atoms. The first-order valence-corrected chi connectivity index (χ1v) is 8.50. The minimum atomic E-state index is 0.146. The predicted molar refractivity (Wildman–Crippen MR) is 88.8 cm³/mol. The molecule has 0 radical (unpaired) electrons. The molecule has 0 N–H and O–H groups in total. The lowest BCUT2D eigenvalue weighted by Gasteiger charge is -2.40. The Morgan fingerprint density at radius 3 is 2.65 bits per heavy atom. The summed E-state index contributed by atoms with van der Waals surface area (Å²) in [5, 5.41) is 2.40. The maximum Gasteiger partial charge on any atom is 0.127 e. The molecule has 0 saturated heterocycles. The third-order valence-electron chi connectivity index (χ3n) is 3.60. The molecule has 2 nitrogen and oxygen atoms in total. The van der Waals surface area contributed by atoms with Crippen LogP contribution in [0.15, 0.2) is 40.9 Å². The molecule has 1 fully saturated rings. The van der Waals surface area contributed by atoms with Gasteiger partial charge >= 0.3 is 0 Å². The SMILES string of the molecule is CCOC1C(Br)CC1Oc1ccc2cc(Br)ccc2c1. The zero-order chi connectivity index (χ0) is 14.1. The van der Waals surface area contributed by atoms with E-state index in [9.17, 15) is 0 Å². The van der Waals surface area contributed by atoms with Crippen molar-refractivity contribution in [3.05, 3.63) is 40.9 Å². The Bertz CT molecular complexity index is 614. The van der Waals surface area contributed by atoms with E-state index in [4.69, 9.17) is 9.47 Å². The molecule has 2 aromatic carbocycles. The average Bonchev–Trinajstić information content (AvgIpc) is 2.44. The van der Waals surface area contributed by atoms with Gasteiger partial charge in [-0.3, -0.25) is 0 Å². The fourth-order valence-electron chi connectivity index (χ4n) is 2.49. The minimum absolute atomic E-state index is 0.146. The van der Waals surface area contributed by atoms with Crippen molar-refractivity contribution in [3.8, 4) is 5.75 Å². The molecule has 106 valence electrons. The number of benzene rings is 2. The number of halogens is 2. The second kappa shape index (κ2) is 6.04. The second-order valence-electron chi connectivity index (χ2n) is 4.98. The maximum atomic E-state index is 6.06. The van der Waals surface area contributed by atoms with Gasteiger partial charge in [-0.1, -0.05) is 44.0 Å². The highest BCUT2D eigenvalue weighted by Crippen LogP contribution is 2.35. The maximum absolute atomic E-state index is 6.06. The first-order valence-electron chi connectivity index (χ1n) is 6.79. The molecular weight excluding hydrogens is 384 g/mol. The van der Waals surface area contributed by atoms with Gasteiger partial charge in [0.25, 0.3) is 0 Å². The molecule has 0 heterocycles. The van der Waals surface area contributed by atoms with Crippen molar-refractivity contribution in [3.63, 3.8) is 0 Å². The van der Waals surface area contributed by atoms with Crippen LogP contribution in [0.4, 0.5) is 0 Å². The Labute approximate surface area is 135 Å². The largest absolute Gasteiger partial charge is 0.488 e. The number of fused-ring (bicyclic) bond motifs is 1. The fraction of sp³-hybridized carbons (Fsp3) is 0.375. The van der Waals surface area contributed by atoms with E-state index in [-0.39, 0.29) is 12.2 Å². The second-order valence-corrected chi connectivity index (χ2v) is 7.07. The van der Waals surface area contributed by atoms with E-state index in [2.05, 4.69) is 56.1 Å². The van der Waals surface area contributed by atoms with Crippen LogP contribution >= 0.6 is 31.9 Å². The smallest absolute Gasteiger partial charge is 0.127 e. The third kappa shape index (κ3) is 2.87. The summed E-state index contributed by atoms with van der Waals surface area (Å²) in [6.45, 7) is 2.74. The van der Waals surface area contributed by atoms with Gasteiger partial charge in [-0.05, 0) is 42.0 Å². The Morgan fingerprint density at radius 2 is 1.90 bits per heavy atom. The minimum Gasteiger partial charge on any atom is -0.488 e. The molecule has 4 heteroatoms. The quantitative estimate of drug-likeness (QED) is 0.679. The summed E-state index contributed by atoms with van der Waals surface area (Å²) in [6, 6.07) is 12.5. The molecule has 0 amide bonds. The molecular formula is C16H16Br2O2. The summed E-state index contributed by atoms with van der Waals surface area (Å²) in [5.74, 6) is 0.911. The molecule has 1 saturated carbocycles. The van der Waals surface area contributed by atoms with Crippen molar-refractivity contribution < 1.29 is 9.47 Å². The summed E-state index contributed by atoms with van der Waals surface area (Å²) in [6.07, 6.45) is 1.29. The van der Waals surface area contributed by atoms with Crippen LogP contribution in [0.1, 0.15) is 13.3 Å². The van der Waals surface area contributed by atoms with Crippen LogP contribution < -0.4 is 4.74 Å². The highest BCUT2D eigenvalue weighted by molar-refractivity contribution is 9.10. The highest BCUT2D eigenvalue weighted by atomic mass is 79.9. The zero-order valence-electron chi connectivity index (χ0n) is 11.2. The van der Waals surface area contributed by atoms with Crippen molar-refractivity contribution in [2.24, 2.45) is 0 Å². The van der Waals surface area contributed by atoms with E-state index >= 15 is 0 Å². The Morgan fingerprint density at radius 1 is 1.15 bits per heavy atom. The van der Waals surface area contributed by atoms with Crippen molar-refractivity contribution in [1.82, 2.24) is 0 Å². The predicted octanol–water partition coefficient (Wildman–Crippen LogP) is 4.92. The highest BCUT2D eigenvalue weighted by Gasteiger charge is 2.42. The number of alkyl halides is 1. The average molecular weight is 400 g/mol. The molecule has 1 aliphatic rings. The van der Waals surface area contributed by atoms with E-state index in [0.717, 1.165) is 23.2 Å². The normalized spacial score (nSPS) is 25.4. The van der Waals surface area contributed by atoms with Crippen molar-refractivity contribution in [2.75, 3.05) is 6.61 Å². The van der Waals surface area contributed by atoms with Crippen LogP contribution in [-0.2, 0) is 4.74 Å². The molecule has 2 aromatic rings. The molecule has 0 spiro atoms. The lowest BCUT2D eigenvalue weighted by atomic mass is 9.91. The molecule has 3 atom stereocenters. The van der Waals surface area contributed by atoms with E-state index in [1.54, 1.807) is 0 Å². The molecule has 0 aliphatic heterocycles. The van der Waals surface area contributed by atoms with E-state index in [1.807, 2.05) is 19.1 Å². The molecule has 1 aliphatic carbocycles. The third-order valence-corrected chi connectivity index (χ3v) is 4.99. The van der Waals surface area contributed by atoms with E-state index in [0.29, 0.717) is 4.83 Å². The van der Waals surface area contributed by atoms with Gasteiger partial charge in [0.05, 0.1) is 0 Å². The van der Waals surface area contributed by atoms with Gasteiger partial charge in [-0.25, -0.2) is 0 Å². The number of hydrogen-bond acceptors (Lipinski definition) is 2. The molecule has 0 bridgehead atoms. The molecule has 3 rings (SSSR count). The first-order chi connectivity index (χ1) is 9.67. The molecule has 0 aromatic heterocycles. The lowest BCUT2D eigenvalue weighted by Crippen LogP contribution is -2.52.